The Balaban J connectivity index is 3.14. The van der Waals surface area contributed by atoms with E-state index in [4.69, 9.17) is 5.73 Å². The zero-order valence-electron chi connectivity index (χ0n) is 12.7. The molecule has 0 aliphatic carbocycles. The predicted octanol–water partition coefficient (Wildman–Crippen LogP) is 3.47. The van der Waals surface area contributed by atoms with E-state index in [1.807, 2.05) is 18.9 Å². The average Bonchev–Trinajstić information content (AvgIpc) is 2.34. The summed E-state index contributed by atoms with van der Waals surface area (Å²) < 4.78 is 39.8. The summed E-state index contributed by atoms with van der Waals surface area (Å²) in [6.45, 7) is 8.45. The van der Waals surface area contributed by atoms with Gasteiger partial charge in [0, 0.05) is 18.6 Å². The molecule has 0 spiro atoms. The second-order valence-electron chi connectivity index (χ2n) is 6.26. The largest absolute Gasteiger partial charge is 0.329 e. The predicted molar refractivity (Wildman–Crippen MR) is 74.8 cm³/mol. The first kappa shape index (κ1) is 17.0. The number of halogens is 3. The number of nitrogens with two attached hydrogens (primary N) is 1. The van der Waals surface area contributed by atoms with Crippen LogP contribution in [0.4, 0.5) is 13.2 Å². The molecule has 0 saturated carbocycles. The lowest BCUT2D eigenvalue weighted by molar-refractivity contribution is 0.0997. The third-order valence-corrected chi connectivity index (χ3v) is 3.97. The molecule has 1 rings (SSSR count). The molecule has 0 aliphatic rings. The van der Waals surface area contributed by atoms with Gasteiger partial charge in [0.25, 0.3) is 0 Å². The van der Waals surface area contributed by atoms with Gasteiger partial charge in [0.05, 0.1) is 0 Å². The minimum Gasteiger partial charge on any atom is -0.329 e. The summed E-state index contributed by atoms with van der Waals surface area (Å²) in [5, 5.41) is 0. The highest BCUT2D eigenvalue weighted by molar-refractivity contribution is 5.23. The maximum Gasteiger partial charge on any atom is 0.194 e. The molecule has 1 aromatic carbocycles. The van der Waals surface area contributed by atoms with Gasteiger partial charge < -0.3 is 5.73 Å². The molecule has 114 valence electrons. The summed E-state index contributed by atoms with van der Waals surface area (Å²) in [5.41, 5.74) is 6.08. The molecular weight excluding hydrogens is 265 g/mol. The van der Waals surface area contributed by atoms with Crippen LogP contribution in [0.3, 0.4) is 0 Å². The lowest BCUT2D eigenvalue weighted by Crippen LogP contribution is -2.43. The SMILES string of the molecule is CC(N(C)C(CN)c1cc(F)c(F)c(F)c1)C(C)(C)C. The fourth-order valence-electron chi connectivity index (χ4n) is 2.19. The van der Waals surface area contributed by atoms with Crippen LogP contribution in [0.1, 0.15) is 39.3 Å². The second-order valence-corrected chi connectivity index (χ2v) is 6.26. The van der Waals surface area contributed by atoms with Gasteiger partial charge in [0.2, 0.25) is 0 Å². The minimum atomic E-state index is -1.45. The van der Waals surface area contributed by atoms with Gasteiger partial charge in [-0.25, -0.2) is 13.2 Å². The van der Waals surface area contributed by atoms with Crippen LogP contribution in [0.5, 0.6) is 0 Å². The summed E-state index contributed by atoms with van der Waals surface area (Å²) in [7, 11) is 1.85. The zero-order valence-corrected chi connectivity index (χ0v) is 12.7. The van der Waals surface area contributed by atoms with Crippen LogP contribution in [0.15, 0.2) is 12.1 Å². The zero-order chi connectivity index (χ0) is 15.7. The lowest BCUT2D eigenvalue weighted by atomic mass is 9.86. The molecule has 0 saturated heterocycles. The molecule has 2 nitrogen and oxygen atoms in total. The van der Waals surface area contributed by atoms with Crippen molar-refractivity contribution in [1.82, 2.24) is 4.90 Å². The van der Waals surface area contributed by atoms with Crippen molar-refractivity contribution in [1.29, 1.82) is 0 Å². The van der Waals surface area contributed by atoms with Crippen LogP contribution in [-0.4, -0.2) is 24.5 Å². The Hall–Kier alpha value is -1.07. The normalized spacial score (nSPS) is 15.5. The Kier molecular flexibility index (Phi) is 5.21. The molecule has 0 radical (unpaired) electrons. The highest BCUT2D eigenvalue weighted by atomic mass is 19.2. The van der Waals surface area contributed by atoms with E-state index < -0.39 is 17.5 Å². The van der Waals surface area contributed by atoms with Gasteiger partial charge in [-0.3, -0.25) is 4.90 Å². The number of nitrogens with zero attached hydrogens (tertiary/aromatic N) is 1. The maximum atomic E-state index is 13.4. The Morgan fingerprint density at radius 1 is 1.15 bits per heavy atom. The number of hydrogen-bond donors (Lipinski definition) is 1. The first-order valence-electron chi connectivity index (χ1n) is 6.66. The maximum absolute atomic E-state index is 13.4. The van der Waals surface area contributed by atoms with Crippen molar-refractivity contribution in [3.8, 4) is 0 Å². The molecule has 0 aliphatic heterocycles. The highest BCUT2D eigenvalue weighted by Crippen LogP contribution is 2.30. The van der Waals surface area contributed by atoms with Crippen LogP contribution in [0, 0.1) is 22.9 Å². The summed E-state index contributed by atoms with van der Waals surface area (Å²) in [5.74, 6) is -3.82. The van der Waals surface area contributed by atoms with E-state index in [2.05, 4.69) is 20.8 Å². The van der Waals surface area contributed by atoms with E-state index in [1.165, 1.54) is 0 Å². The van der Waals surface area contributed by atoms with E-state index in [-0.39, 0.29) is 24.0 Å². The molecule has 2 N–H and O–H groups in total. The molecule has 2 atom stereocenters. The summed E-state index contributed by atoms with van der Waals surface area (Å²) in [6.07, 6.45) is 0. The average molecular weight is 288 g/mol. The lowest BCUT2D eigenvalue weighted by Gasteiger charge is -2.40. The van der Waals surface area contributed by atoms with Crippen LogP contribution in [0.25, 0.3) is 0 Å². The standard InChI is InChI=1S/C15H23F3N2/c1-9(15(2,3)4)20(5)13(8-19)10-6-11(16)14(18)12(17)7-10/h6-7,9,13H,8,19H2,1-5H3. The van der Waals surface area contributed by atoms with E-state index in [0.717, 1.165) is 12.1 Å². The molecule has 0 amide bonds. The van der Waals surface area contributed by atoms with E-state index in [1.54, 1.807) is 0 Å². The van der Waals surface area contributed by atoms with Crippen molar-refractivity contribution in [2.45, 2.75) is 39.8 Å². The molecule has 2 unspecified atom stereocenters. The number of hydrogen-bond acceptors (Lipinski definition) is 2. The Morgan fingerprint density at radius 3 is 1.95 bits per heavy atom. The Labute approximate surface area is 118 Å². The molecule has 0 heterocycles. The van der Waals surface area contributed by atoms with Crippen molar-refractivity contribution in [3.05, 3.63) is 35.1 Å². The smallest absolute Gasteiger partial charge is 0.194 e. The first-order valence-corrected chi connectivity index (χ1v) is 6.66. The second kappa shape index (κ2) is 6.14. The van der Waals surface area contributed by atoms with Gasteiger partial charge in [0.1, 0.15) is 0 Å². The number of rotatable bonds is 4. The molecule has 20 heavy (non-hydrogen) atoms. The first-order chi connectivity index (χ1) is 9.09. The Morgan fingerprint density at radius 2 is 1.60 bits per heavy atom. The van der Waals surface area contributed by atoms with Crippen molar-refractivity contribution in [3.63, 3.8) is 0 Å². The van der Waals surface area contributed by atoms with Gasteiger partial charge in [-0.15, -0.1) is 0 Å². The number of benzene rings is 1. The van der Waals surface area contributed by atoms with Crippen molar-refractivity contribution in [2.24, 2.45) is 11.1 Å². The Bertz CT molecular complexity index is 446. The van der Waals surface area contributed by atoms with Gasteiger partial charge in [-0.05, 0) is 37.1 Å². The van der Waals surface area contributed by atoms with Crippen LogP contribution in [-0.2, 0) is 0 Å². The summed E-state index contributed by atoms with van der Waals surface area (Å²) >= 11 is 0. The fraction of sp³-hybridized carbons (Fsp3) is 0.600. The van der Waals surface area contributed by atoms with Gasteiger partial charge in [-0.2, -0.15) is 0 Å². The van der Waals surface area contributed by atoms with E-state index >= 15 is 0 Å². The van der Waals surface area contributed by atoms with Crippen LogP contribution >= 0.6 is 0 Å². The molecule has 5 heteroatoms. The van der Waals surface area contributed by atoms with Gasteiger partial charge >= 0.3 is 0 Å². The minimum absolute atomic E-state index is 0.0146. The summed E-state index contributed by atoms with van der Waals surface area (Å²) in [6, 6.07) is 1.80. The molecule has 0 aromatic heterocycles. The molecular formula is C15H23F3N2. The summed E-state index contributed by atoms with van der Waals surface area (Å²) in [4.78, 5) is 1.96. The monoisotopic (exact) mass is 288 g/mol. The van der Waals surface area contributed by atoms with Gasteiger partial charge in [-0.1, -0.05) is 20.8 Å². The van der Waals surface area contributed by atoms with Crippen molar-refractivity contribution in [2.75, 3.05) is 13.6 Å². The molecule has 1 aromatic rings. The van der Waals surface area contributed by atoms with Crippen LogP contribution < -0.4 is 5.73 Å². The topological polar surface area (TPSA) is 29.3 Å². The number of likely N-dealkylation sites (N-methyl/N-ethyl adjacent to an activating group) is 1. The van der Waals surface area contributed by atoms with Crippen molar-refractivity contribution >= 4 is 0 Å². The third-order valence-electron chi connectivity index (χ3n) is 3.97. The highest BCUT2D eigenvalue weighted by Gasteiger charge is 2.29. The van der Waals surface area contributed by atoms with Crippen LogP contribution in [0.2, 0.25) is 0 Å². The third kappa shape index (κ3) is 3.52. The van der Waals surface area contributed by atoms with Gasteiger partial charge in [0.15, 0.2) is 17.5 Å². The van der Waals surface area contributed by atoms with Crippen molar-refractivity contribution < 1.29 is 13.2 Å². The molecule has 0 fully saturated rings. The quantitative estimate of drug-likeness (QED) is 0.860. The molecule has 0 bridgehead atoms. The fourth-order valence-corrected chi connectivity index (χ4v) is 2.19. The van der Waals surface area contributed by atoms with E-state index in [0.29, 0.717) is 5.56 Å². The van der Waals surface area contributed by atoms with E-state index in [9.17, 15) is 13.2 Å².